The average molecular weight is 258 g/mol. The van der Waals surface area contributed by atoms with Gasteiger partial charge in [-0.1, -0.05) is 0 Å². The Hall–Kier alpha value is -1.48. The van der Waals surface area contributed by atoms with Crippen LogP contribution in [0, 0.1) is 12.8 Å². The van der Waals surface area contributed by atoms with Crippen molar-refractivity contribution < 1.29 is 4.74 Å². The Labute approximate surface area is 114 Å². The van der Waals surface area contributed by atoms with E-state index in [1.54, 1.807) is 7.11 Å². The number of nitrogens with one attached hydrogen (secondary N) is 1. The highest BCUT2D eigenvalue weighted by Crippen LogP contribution is 2.30. The van der Waals surface area contributed by atoms with Crippen molar-refractivity contribution in [3.63, 3.8) is 0 Å². The molecule has 1 aliphatic rings. The summed E-state index contributed by atoms with van der Waals surface area (Å²) in [6.45, 7) is 4.48. The van der Waals surface area contributed by atoms with Gasteiger partial charge in [0.2, 0.25) is 0 Å². The Morgan fingerprint density at radius 1 is 1.42 bits per heavy atom. The van der Waals surface area contributed by atoms with E-state index in [2.05, 4.69) is 42.2 Å². The van der Waals surface area contributed by atoms with Gasteiger partial charge >= 0.3 is 0 Å². The van der Waals surface area contributed by atoms with Crippen LogP contribution in [0.1, 0.15) is 17.5 Å². The number of fused-ring (bicyclic) bond motifs is 1. The van der Waals surface area contributed by atoms with Crippen molar-refractivity contribution in [2.75, 3.05) is 20.2 Å². The molecule has 2 heterocycles. The molecule has 2 aromatic rings. The quantitative estimate of drug-likeness (QED) is 0.916. The number of nitrogens with zero attached hydrogens (tertiary/aromatic N) is 1. The fraction of sp³-hybridized carbons (Fsp3) is 0.500. The zero-order valence-corrected chi connectivity index (χ0v) is 12.0. The zero-order valence-electron chi connectivity index (χ0n) is 12.0. The average Bonchev–Trinajstić information content (AvgIpc) is 2.99. The van der Waals surface area contributed by atoms with Crippen molar-refractivity contribution in [3.8, 4) is 5.75 Å². The van der Waals surface area contributed by atoms with Gasteiger partial charge in [0.05, 0.1) is 12.6 Å². The summed E-state index contributed by atoms with van der Waals surface area (Å²) in [4.78, 5) is 0. The van der Waals surface area contributed by atoms with Crippen LogP contribution in [0.4, 0.5) is 0 Å². The molecule has 1 N–H and O–H groups in total. The molecular weight excluding hydrogens is 236 g/mol. The largest absolute Gasteiger partial charge is 0.497 e. The summed E-state index contributed by atoms with van der Waals surface area (Å²) in [5, 5.41) is 4.80. The van der Waals surface area contributed by atoms with Crippen molar-refractivity contribution in [1.29, 1.82) is 0 Å². The number of ether oxygens (including phenoxy) is 1. The highest BCUT2D eigenvalue weighted by molar-refractivity contribution is 5.88. The van der Waals surface area contributed by atoms with Gasteiger partial charge in [-0.25, -0.2) is 0 Å². The molecule has 3 rings (SSSR count). The Balaban J connectivity index is 2.05. The molecule has 0 aliphatic carbocycles. The monoisotopic (exact) mass is 258 g/mol. The molecule has 1 atom stereocenters. The van der Waals surface area contributed by atoms with Crippen LogP contribution in [0.3, 0.4) is 0 Å². The minimum Gasteiger partial charge on any atom is -0.497 e. The first kappa shape index (κ1) is 12.5. The second-order valence-corrected chi connectivity index (χ2v) is 5.67. The molecule has 1 unspecified atom stereocenters. The summed E-state index contributed by atoms with van der Waals surface area (Å²) in [6, 6.07) is 4.29. The molecule has 1 fully saturated rings. The number of rotatable bonds is 3. The Bertz CT molecular complexity index is 594. The third-order valence-corrected chi connectivity index (χ3v) is 4.23. The fourth-order valence-electron chi connectivity index (χ4n) is 3.31. The van der Waals surface area contributed by atoms with Crippen LogP contribution in [0.25, 0.3) is 10.9 Å². The van der Waals surface area contributed by atoms with Gasteiger partial charge in [-0.15, -0.1) is 0 Å². The normalized spacial score (nSPS) is 19.2. The van der Waals surface area contributed by atoms with Gasteiger partial charge in [0.1, 0.15) is 5.75 Å². The molecule has 1 saturated heterocycles. The lowest BCUT2D eigenvalue weighted by molar-refractivity contribution is 0.415. The lowest BCUT2D eigenvalue weighted by Gasteiger charge is -2.08. The SMILES string of the molecule is COc1cc(C)c2c(c1)c(CC1CCNC1)cn2C. The van der Waals surface area contributed by atoms with E-state index in [-0.39, 0.29) is 0 Å². The second-order valence-electron chi connectivity index (χ2n) is 5.67. The smallest absolute Gasteiger partial charge is 0.119 e. The van der Waals surface area contributed by atoms with E-state index < -0.39 is 0 Å². The third kappa shape index (κ3) is 2.23. The van der Waals surface area contributed by atoms with Gasteiger partial charge in [-0.2, -0.15) is 0 Å². The zero-order chi connectivity index (χ0) is 13.4. The minimum atomic E-state index is 0.775. The maximum absolute atomic E-state index is 5.42. The molecule has 0 bridgehead atoms. The Morgan fingerprint density at radius 2 is 2.26 bits per heavy atom. The van der Waals surface area contributed by atoms with Gasteiger partial charge < -0.3 is 14.6 Å². The highest BCUT2D eigenvalue weighted by atomic mass is 16.5. The molecule has 0 saturated carbocycles. The number of benzene rings is 1. The Kier molecular flexibility index (Phi) is 3.23. The van der Waals surface area contributed by atoms with E-state index in [0.717, 1.165) is 31.2 Å². The van der Waals surface area contributed by atoms with Gasteiger partial charge in [0.25, 0.3) is 0 Å². The first-order valence-electron chi connectivity index (χ1n) is 7.02. The summed E-state index contributed by atoms with van der Waals surface area (Å²) < 4.78 is 7.67. The minimum absolute atomic E-state index is 0.775. The number of aryl methyl sites for hydroxylation is 2. The van der Waals surface area contributed by atoms with Gasteiger partial charge in [0.15, 0.2) is 0 Å². The van der Waals surface area contributed by atoms with Crippen molar-refractivity contribution in [2.24, 2.45) is 13.0 Å². The molecule has 0 amide bonds. The standard InChI is InChI=1S/C16H22N2O/c1-11-6-14(19-3)8-15-13(10-18(2)16(11)15)7-12-4-5-17-9-12/h6,8,10,12,17H,4-5,7,9H2,1-3H3. The number of hydrogen-bond acceptors (Lipinski definition) is 2. The number of aromatic nitrogens is 1. The molecule has 1 aliphatic heterocycles. The summed E-state index contributed by atoms with van der Waals surface area (Å²) >= 11 is 0. The molecule has 3 heteroatoms. The molecule has 102 valence electrons. The van der Waals surface area contributed by atoms with E-state index >= 15 is 0 Å². The number of hydrogen-bond donors (Lipinski definition) is 1. The summed E-state index contributed by atoms with van der Waals surface area (Å²) in [5.41, 5.74) is 4.07. The van der Waals surface area contributed by atoms with Gasteiger partial charge in [0, 0.05) is 18.6 Å². The van der Waals surface area contributed by atoms with E-state index in [1.807, 2.05) is 0 Å². The van der Waals surface area contributed by atoms with E-state index in [9.17, 15) is 0 Å². The molecule has 1 aromatic heterocycles. The molecule has 0 radical (unpaired) electrons. The predicted octanol–water partition coefficient (Wildman–Crippen LogP) is 2.65. The van der Waals surface area contributed by atoms with Crippen LogP contribution >= 0.6 is 0 Å². The number of methoxy groups -OCH3 is 1. The van der Waals surface area contributed by atoms with Crippen LogP contribution < -0.4 is 10.1 Å². The first-order chi connectivity index (χ1) is 9.19. The van der Waals surface area contributed by atoms with Crippen LogP contribution in [-0.2, 0) is 13.5 Å². The van der Waals surface area contributed by atoms with Crippen molar-refractivity contribution in [3.05, 3.63) is 29.5 Å². The van der Waals surface area contributed by atoms with Gasteiger partial charge in [-0.05, 0) is 62.0 Å². The lowest BCUT2D eigenvalue weighted by Crippen LogP contribution is -2.10. The predicted molar refractivity (Wildman–Crippen MR) is 78.9 cm³/mol. The summed E-state index contributed by atoms with van der Waals surface area (Å²) in [5.74, 6) is 1.74. The van der Waals surface area contributed by atoms with E-state index in [1.165, 1.54) is 28.5 Å². The van der Waals surface area contributed by atoms with Crippen molar-refractivity contribution >= 4 is 10.9 Å². The molecular formula is C16H22N2O. The first-order valence-corrected chi connectivity index (χ1v) is 7.02. The summed E-state index contributed by atoms with van der Waals surface area (Å²) in [6.07, 6.45) is 4.74. The topological polar surface area (TPSA) is 26.2 Å². The van der Waals surface area contributed by atoms with Crippen LogP contribution in [0.2, 0.25) is 0 Å². The second kappa shape index (κ2) is 4.89. The van der Waals surface area contributed by atoms with E-state index in [4.69, 9.17) is 4.74 Å². The molecule has 19 heavy (non-hydrogen) atoms. The van der Waals surface area contributed by atoms with Crippen molar-refractivity contribution in [1.82, 2.24) is 9.88 Å². The molecule has 1 aromatic carbocycles. The van der Waals surface area contributed by atoms with Crippen LogP contribution in [0.5, 0.6) is 5.75 Å². The maximum atomic E-state index is 5.42. The summed E-state index contributed by atoms with van der Waals surface area (Å²) in [7, 11) is 3.88. The molecule has 0 spiro atoms. The van der Waals surface area contributed by atoms with Crippen LogP contribution in [0.15, 0.2) is 18.3 Å². The van der Waals surface area contributed by atoms with Crippen LogP contribution in [-0.4, -0.2) is 24.8 Å². The highest BCUT2D eigenvalue weighted by Gasteiger charge is 2.18. The molecule has 3 nitrogen and oxygen atoms in total. The fourth-order valence-corrected chi connectivity index (χ4v) is 3.31. The lowest BCUT2D eigenvalue weighted by atomic mass is 9.97. The third-order valence-electron chi connectivity index (χ3n) is 4.23. The van der Waals surface area contributed by atoms with Crippen molar-refractivity contribution in [2.45, 2.75) is 19.8 Å². The van der Waals surface area contributed by atoms with Gasteiger partial charge in [-0.3, -0.25) is 0 Å². The van der Waals surface area contributed by atoms with E-state index in [0.29, 0.717) is 0 Å². The maximum Gasteiger partial charge on any atom is 0.119 e. The Morgan fingerprint density at radius 3 is 2.95 bits per heavy atom.